The molecule has 2 rings (SSSR count). The molecular formula is C14H12F2S. The molecule has 17 heavy (non-hydrogen) atoms. The maximum Gasteiger partial charge on any atom is 0.282 e. The van der Waals surface area contributed by atoms with Crippen LogP contribution in [-0.2, 0) is 5.92 Å². The lowest BCUT2D eigenvalue weighted by Crippen LogP contribution is -2.16. The SMILES string of the molecule is FC(F)(CSc1ccccc1)c1ccccc1. The first kappa shape index (κ1) is 12.1. The van der Waals surface area contributed by atoms with E-state index in [1.165, 1.54) is 23.9 Å². The maximum absolute atomic E-state index is 13.8. The van der Waals surface area contributed by atoms with Gasteiger partial charge in [0.25, 0.3) is 5.92 Å². The fourth-order valence-electron chi connectivity index (χ4n) is 1.46. The van der Waals surface area contributed by atoms with Crippen molar-refractivity contribution in [3.63, 3.8) is 0 Å². The van der Waals surface area contributed by atoms with Crippen molar-refractivity contribution >= 4 is 11.8 Å². The molecule has 0 fully saturated rings. The monoisotopic (exact) mass is 250 g/mol. The fraction of sp³-hybridized carbons (Fsp3) is 0.143. The van der Waals surface area contributed by atoms with Gasteiger partial charge < -0.3 is 0 Å². The molecule has 0 aliphatic carbocycles. The van der Waals surface area contributed by atoms with Gasteiger partial charge in [-0.1, -0.05) is 48.5 Å². The van der Waals surface area contributed by atoms with E-state index in [0.29, 0.717) is 0 Å². The zero-order valence-corrected chi connectivity index (χ0v) is 9.96. The number of rotatable bonds is 4. The second-order valence-electron chi connectivity index (χ2n) is 3.67. The van der Waals surface area contributed by atoms with Crippen LogP contribution in [0.4, 0.5) is 8.78 Å². The Balaban J connectivity index is 2.03. The van der Waals surface area contributed by atoms with Crippen molar-refractivity contribution in [1.82, 2.24) is 0 Å². The van der Waals surface area contributed by atoms with Gasteiger partial charge in [-0.2, -0.15) is 0 Å². The Kier molecular flexibility index (Phi) is 3.79. The van der Waals surface area contributed by atoms with Gasteiger partial charge in [0, 0.05) is 10.5 Å². The van der Waals surface area contributed by atoms with Gasteiger partial charge in [0.05, 0.1) is 5.75 Å². The largest absolute Gasteiger partial charge is 0.282 e. The molecule has 3 heteroatoms. The Hall–Kier alpha value is -1.35. The molecule has 2 aromatic carbocycles. The van der Waals surface area contributed by atoms with Gasteiger partial charge >= 0.3 is 0 Å². The summed E-state index contributed by atoms with van der Waals surface area (Å²) in [7, 11) is 0. The van der Waals surface area contributed by atoms with Crippen LogP contribution in [0.1, 0.15) is 5.56 Å². The Labute approximate surface area is 104 Å². The topological polar surface area (TPSA) is 0 Å². The van der Waals surface area contributed by atoms with Gasteiger partial charge in [0.1, 0.15) is 0 Å². The molecule has 0 atom stereocenters. The van der Waals surface area contributed by atoms with Crippen molar-refractivity contribution in [3.05, 3.63) is 66.2 Å². The number of benzene rings is 2. The first-order valence-electron chi connectivity index (χ1n) is 5.30. The van der Waals surface area contributed by atoms with E-state index >= 15 is 0 Å². The third kappa shape index (κ3) is 3.30. The Morgan fingerprint density at radius 3 is 1.94 bits per heavy atom. The highest BCUT2D eigenvalue weighted by molar-refractivity contribution is 7.99. The van der Waals surface area contributed by atoms with E-state index in [9.17, 15) is 8.78 Å². The van der Waals surface area contributed by atoms with Crippen molar-refractivity contribution in [2.24, 2.45) is 0 Å². The summed E-state index contributed by atoms with van der Waals surface area (Å²) in [5, 5.41) is 0. The van der Waals surface area contributed by atoms with Crippen molar-refractivity contribution in [1.29, 1.82) is 0 Å². The molecule has 0 nitrogen and oxygen atoms in total. The van der Waals surface area contributed by atoms with Crippen molar-refractivity contribution in [2.75, 3.05) is 5.75 Å². The molecule has 0 aliphatic rings. The normalized spacial score (nSPS) is 11.4. The van der Waals surface area contributed by atoms with Crippen molar-refractivity contribution in [2.45, 2.75) is 10.8 Å². The zero-order chi connectivity index (χ0) is 12.1. The predicted molar refractivity (Wildman–Crippen MR) is 67.5 cm³/mol. The van der Waals surface area contributed by atoms with Gasteiger partial charge in [0.15, 0.2) is 0 Å². The smallest absolute Gasteiger partial charge is 0.200 e. The van der Waals surface area contributed by atoms with E-state index in [4.69, 9.17) is 0 Å². The molecule has 0 N–H and O–H groups in total. The minimum atomic E-state index is -2.79. The number of thioether (sulfide) groups is 1. The highest BCUT2D eigenvalue weighted by Gasteiger charge is 2.31. The lowest BCUT2D eigenvalue weighted by Gasteiger charge is -2.16. The fourth-order valence-corrected chi connectivity index (χ4v) is 2.32. The molecular weight excluding hydrogens is 238 g/mol. The van der Waals surface area contributed by atoms with E-state index in [0.717, 1.165) is 4.90 Å². The third-order valence-corrected chi connectivity index (χ3v) is 3.47. The molecule has 88 valence electrons. The Morgan fingerprint density at radius 2 is 1.35 bits per heavy atom. The quantitative estimate of drug-likeness (QED) is 0.716. The molecule has 0 aromatic heterocycles. The van der Waals surface area contributed by atoms with Gasteiger partial charge in [-0.15, -0.1) is 11.8 Å². The van der Waals surface area contributed by atoms with Gasteiger partial charge in [0.2, 0.25) is 0 Å². The molecule has 0 saturated carbocycles. The summed E-state index contributed by atoms with van der Waals surface area (Å²) in [6, 6.07) is 17.2. The van der Waals surface area contributed by atoms with Crippen LogP contribution < -0.4 is 0 Å². The van der Waals surface area contributed by atoms with Crippen LogP contribution in [0, 0.1) is 0 Å². The molecule has 0 unspecified atom stereocenters. The third-order valence-electron chi connectivity index (χ3n) is 2.36. The second kappa shape index (κ2) is 5.32. The van der Waals surface area contributed by atoms with E-state index < -0.39 is 5.92 Å². The summed E-state index contributed by atoms with van der Waals surface area (Å²) in [6.07, 6.45) is 0. The van der Waals surface area contributed by atoms with Crippen LogP contribution in [0.25, 0.3) is 0 Å². The van der Waals surface area contributed by atoms with Gasteiger partial charge in [-0.25, -0.2) is 8.78 Å². The van der Waals surface area contributed by atoms with Crippen LogP contribution in [0.2, 0.25) is 0 Å². The summed E-state index contributed by atoms with van der Waals surface area (Å²) < 4.78 is 27.6. The lowest BCUT2D eigenvalue weighted by atomic mass is 10.1. The van der Waals surface area contributed by atoms with E-state index in [2.05, 4.69) is 0 Å². The number of alkyl halides is 2. The zero-order valence-electron chi connectivity index (χ0n) is 9.14. The molecule has 0 amide bonds. The van der Waals surface area contributed by atoms with Crippen LogP contribution in [0.3, 0.4) is 0 Å². The maximum atomic E-state index is 13.8. The highest BCUT2D eigenvalue weighted by atomic mass is 32.2. The van der Waals surface area contributed by atoms with E-state index in [1.54, 1.807) is 18.2 Å². The molecule has 0 radical (unpaired) electrons. The van der Waals surface area contributed by atoms with Crippen LogP contribution in [0.15, 0.2) is 65.6 Å². The summed E-state index contributed by atoms with van der Waals surface area (Å²) in [6.45, 7) is 0. The average molecular weight is 250 g/mol. The first-order valence-corrected chi connectivity index (χ1v) is 6.28. The summed E-state index contributed by atoms with van der Waals surface area (Å²) in [4.78, 5) is 0.864. The second-order valence-corrected chi connectivity index (χ2v) is 4.72. The summed E-state index contributed by atoms with van der Waals surface area (Å²) >= 11 is 1.17. The number of halogens is 2. The highest BCUT2D eigenvalue weighted by Crippen LogP contribution is 2.34. The summed E-state index contributed by atoms with van der Waals surface area (Å²) in [5.41, 5.74) is 0.0726. The Bertz CT molecular complexity index is 454. The minimum Gasteiger partial charge on any atom is -0.200 e. The number of hydrogen-bond donors (Lipinski definition) is 0. The predicted octanol–water partition coefficient (Wildman–Crippen LogP) is 4.57. The molecule has 2 aromatic rings. The molecule has 0 saturated heterocycles. The van der Waals surface area contributed by atoms with Gasteiger partial charge in [-0.05, 0) is 12.1 Å². The van der Waals surface area contributed by atoms with Gasteiger partial charge in [-0.3, -0.25) is 0 Å². The molecule has 0 bridgehead atoms. The van der Waals surface area contributed by atoms with Crippen LogP contribution in [-0.4, -0.2) is 5.75 Å². The lowest BCUT2D eigenvalue weighted by molar-refractivity contribution is 0.0232. The number of hydrogen-bond acceptors (Lipinski definition) is 1. The van der Waals surface area contributed by atoms with Crippen LogP contribution >= 0.6 is 11.8 Å². The van der Waals surface area contributed by atoms with Crippen molar-refractivity contribution < 1.29 is 8.78 Å². The first-order chi connectivity index (χ1) is 8.18. The molecule has 0 spiro atoms. The minimum absolute atomic E-state index is 0.0726. The summed E-state index contributed by atoms with van der Waals surface area (Å²) in [5.74, 6) is -3.03. The van der Waals surface area contributed by atoms with Crippen LogP contribution in [0.5, 0.6) is 0 Å². The van der Waals surface area contributed by atoms with Crippen molar-refractivity contribution in [3.8, 4) is 0 Å². The molecule has 0 heterocycles. The van der Waals surface area contributed by atoms with E-state index in [-0.39, 0.29) is 11.3 Å². The molecule has 0 aliphatic heterocycles. The Morgan fingerprint density at radius 1 is 0.824 bits per heavy atom. The average Bonchev–Trinajstić information content (AvgIpc) is 2.39. The standard InChI is InChI=1S/C14H12F2S/c15-14(16,12-7-3-1-4-8-12)11-17-13-9-5-2-6-10-13/h1-10H,11H2. The van der Waals surface area contributed by atoms with E-state index in [1.807, 2.05) is 30.3 Å².